The molecule has 2 unspecified atom stereocenters. The maximum Gasteiger partial charge on any atom is 0.306 e. The number of esters is 2. The third kappa shape index (κ3) is 41.2. The number of carboxylic acid groups (broad SMARTS) is 1. The van der Waals surface area contributed by atoms with E-state index in [0.29, 0.717) is 12.8 Å². The molecule has 0 amide bonds. The largest absolute Gasteiger partial charge is 0.544 e. The van der Waals surface area contributed by atoms with Gasteiger partial charge in [0, 0.05) is 19.3 Å². The summed E-state index contributed by atoms with van der Waals surface area (Å²) >= 11 is 0. The Kier molecular flexibility index (Phi) is 41.9. The molecule has 0 saturated carbocycles. The first-order valence-electron chi connectivity index (χ1n) is 25.4. The summed E-state index contributed by atoms with van der Waals surface area (Å²) < 4.78 is 17.2. The molecule has 0 aromatic carbocycles. The smallest absolute Gasteiger partial charge is 0.306 e. The van der Waals surface area contributed by atoms with E-state index in [1.165, 1.54) is 148 Å². The molecule has 0 bridgehead atoms. The average molecular weight is 848 g/mol. The fourth-order valence-electron chi connectivity index (χ4n) is 7.65. The number of ether oxygens (including phenoxy) is 3. The number of nitrogens with zero attached hydrogens (tertiary/aromatic N) is 1. The summed E-state index contributed by atoms with van der Waals surface area (Å²) in [6.45, 7) is 4.68. The minimum atomic E-state index is -1.12. The van der Waals surface area contributed by atoms with E-state index in [1.54, 1.807) is 21.1 Å². The van der Waals surface area contributed by atoms with Crippen LogP contribution in [-0.2, 0) is 28.6 Å². The van der Waals surface area contributed by atoms with Crippen molar-refractivity contribution in [3.63, 3.8) is 0 Å². The zero-order valence-electron chi connectivity index (χ0n) is 40.1. The molecule has 352 valence electrons. The fraction of sp³-hybridized carbons (Fsp3) is 0.865. The Morgan fingerprint density at radius 3 is 1.25 bits per heavy atom. The van der Waals surface area contributed by atoms with Gasteiger partial charge in [0.15, 0.2) is 6.10 Å². The van der Waals surface area contributed by atoms with Crippen LogP contribution < -0.4 is 5.11 Å². The van der Waals surface area contributed by atoms with Crippen LogP contribution in [0.4, 0.5) is 0 Å². The van der Waals surface area contributed by atoms with Gasteiger partial charge in [-0.15, -0.1) is 0 Å². The van der Waals surface area contributed by atoms with E-state index in [0.717, 1.165) is 57.8 Å². The van der Waals surface area contributed by atoms with Gasteiger partial charge in [0.2, 0.25) is 0 Å². The van der Waals surface area contributed by atoms with Crippen molar-refractivity contribution in [2.24, 2.45) is 0 Å². The van der Waals surface area contributed by atoms with Gasteiger partial charge in [0.25, 0.3) is 0 Å². The molecule has 0 saturated heterocycles. The Morgan fingerprint density at radius 1 is 0.500 bits per heavy atom. The van der Waals surface area contributed by atoms with Gasteiger partial charge in [-0.3, -0.25) is 9.59 Å². The molecule has 0 heterocycles. The molecule has 2 atom stereocenters. The maximum absolute atomic E-state index is 12.8. The third-order valence-corrected chi connectivity index (χ3v) is 11.6. The first-order valence-corrected chi connectivity index (χ1v) is 25.4. The van der Waals surface area contributed by atoms with E-state index in [9.17, 15) is 19.5 Å². The maximum atomic E-state index is 12.8. The number of allylic oxidation sites excluding steroid dienone is 4. The quantitative estimate of drug-likeness (QED) is 0.0260. The predicted molar refractivity (Wildman–Crippen MR) is 250 cm³/mol. The minimum absolute atomic E-state index is 0.0386. The molecule has 0 aromatic rings. The van der Waals surface area contributed by atoms with Crippen LogP contribution in [0.15, 0.2) is 24.3 Å². The van der Waals surface area contributed by atoms with E-state index < -0.39 is 18.1 Å². The van der Waals surface area contributed by atoms with Gasteiger partial charge in [-0.05, 0) is 38.5 Å². The van der Waals surface area contributed by atoms with E-state index in [1.807, 2.05) is 0 Å². The molecule has 8 heteroatoms. The van der Waals surface area contributed by atoms with E-state index in [-0.39, 0.29) is 42.7 Å². The second-order valence-corrected chi connectivity index (χ2v) is 18.4. The Morgan fingerprint density at radius 2 is 0.867 bits per heavy atom. The molecule has 0 aromatic heterocycles. The molecule has 0 aliphatic carbocycles. The second kappa shape index (κ2) is 43.5. The Hall–Kier alpha value is -2.19. The van der Waals surface area contributed by atoms with Gasteiger partial charge < -0.3 is 28.6 Å². The number of hydrogen-bond donors (Lipinski definition) is 0. The topological polar surface area (TPSA) is 102 Å². The predicted octanol–water partition coefficient (Wildman–Crippen LogP) is 13.1. The highest BCUT2D eigenvalue weighted by Crippen LogP contribution is 2.16. The van der Waals surface area contributed by atoms with Crippen molar-refractivity contribution < 1.29 is 38.2 Å². The molecule has 60 heavy (non-hydrogen) atoms. The standard InChI is InChI=1S/C52H97NO7/c1-6-8-10-12-14-16-18-20-22-24-26-28-30-32-34-36-38-40-42-50(54)59-47-48(46-58-45-44-49(52(56)57)53(3,4)5)60-51(55)43-41-39-37-35-33-31-29-27-25-23-21-19-17-15-13-11-9-7-2/h23,25,27,29,48-49H,6-22,24,26,28,30-47H2,1-5H3/b25-23+,29-27+. The molecule has 0 fully saturated rings. The van der Waals surface area contributed by atoms with Crippen LogP contribution in [0.5, 0.6) is 0 Å². The summed E-state index contributed by atoms with van der Waals surface area (Å²) in [7, 11) is 5.42. The zero-order valence-corrected chi connectivity index (χ0v) is 40.1. The molecular weight excluding hydrogens is 751 g/mol. The van der Waals surface area contributed by atoms with Gasteiger partial charge in [-0.1, -0.05) is 205 Å². The van der Waals surface area contributed by atoms with Crippen molar-refractivity contribution in [3.8, 4) is 0 Å². The summed E-state index contributed by atoms with van der Waals surface area (Å²) in [6.07, 6.45) is 49.2. The number of unbranched alkanes of at least 4 members (excludes halogenated alkanes) is 29. The van der Waals surface area contributed by atoms with Crippen LogP contribution in [0, 0.1) is 0 Å². The number of aliphatic carboxylic acids is 1. The van der Waals surface area contributed by atoms with Crippen LogP contribution in [0.25, 0.3) is 0 Å². The number of quaternary nitrogens is 1. The lowest BCUT2D eigenvalue weighted by Gasteiger charge is -2.34. The number of hydrogen-bond acceptors (Lipinski definition) is 7. The highest BCUT2D eigenvalue weighted by Gasteiger charge is 2.25. The molecule has 0 N–H and O–H groups in total. The Bertz CT molecular complexity index is 1040. The van der Waals surface area contributed by atoms with Gasteiger partial charge in [-0.25, -0.2) is 0 Å². The van der Waals surface area contributed by atoms with E-state index in [2.05, 4.69) is 38.2 Å². The first kappa shape index (κ1) is 57.8. The summed E-state index contributed by atoms with van der Waals surface area (Å²) in [6, 6.07) is -0.726. The summed E-state index contributed by atoms with van der Waals surface area (Å²) in [5.41, 5.74) is 0. The number of carbonyl (C=O) groups is 3. The fourth-order valence-corrected chi connectivity index (χ4v) is 7.65. The summed E-state index contributed by atoms with van der Waals surface area (Å²) in [5.74, 6) is -1.74. The highest BCUT2D eigenvalue weighted by molar-refractivity contribution is 5.70. The average Bonchev–Trinajstić information content (AvgIpc) is 3.21. The van der Waals surface area contributed by atoms with Crippen LogP contribution in [0.3, 0.4) is 0 Å². The molecule has 0 aliphatic rings. The lowest BCUT2D eigenvalue weighted by molar-refractivity contribution is -0.889. The van der Waals surface area contributed by atoms with Gasteiger partial charge in [-0.2, -0.15) is 0 Å². The Balaban J connectivity index is 4.26. The molecular formula is C52H97NO7. The highest BCUT2D eigenvalue weighted by atomic mass is 16.6. The Labute approximate surface area is 371 Å². The molecule has 8 nitrogen and oxygen atoms in total. The van der Waals surface area contributed by atoms with E-state index in [4.69, 9.17) is 14.2 Å². The summed E-state index contributed by atoms with van der Waals surface area (Å²) in [4.78, 5) is 37.0. The molecule has 0 rings (SSSR count). The summed E-state index contributed by atoms with van der Waals surface area (Å²) in [5, 5.41) is 11.7. The number of likely N-dealkylation sites (N-methyl/N-ethyl adjacent to an activating group) is 1. The minimum Gasteiger partial charge on any atom is -0.544 e. The van der Waals surface area contributed by atoms with Gasteiger partial charge in [0.05, 0.1) is 40.3 Å². The number of carboxylic acids is 1. The van der Waals surface area contributed by atoms with Crippen molar-refractivity contribution in [1.29, 1.82) is 0 Å². The van der Waals surface area contributed by atoms with Crippen molar-refractivity contribution in [2.75, 3.05) is 41.0 Å². The lowest BCUT2D eigenvalue weighted by atomic mass is 10.0. The normalized spacial score (nSPS) is 13.0. The molecule has 0 aliphatic heterocycles. The van der Waals surface area contributed by atoms with Crippen molar-refractivity contribution in [2.45, 2.75) is 251 Å². The van der Waals surface area contributed by atoms with Gasteiger partial charge in [0.1, 0.15) is 12.6 Å². The first-order chi connectivity index (χ1) is 29.1. The van der Waals surface area contributed by atoms with Gasteiger partial charge >= 0.3 is 11.9 Å². The van der Waals surface area contributed by atoms with Crippen LogP contribution >= 0.6 is 0 Å². The molecule has 0 spiro atoms. The SMILES string of the molecule is CCCCCCCCC/C=C/C=C/CCCCCCCC(=O)OC(COCCC(C(=O)[O-])[N+](C)(C)C)COC(=O)CCCCCCCCCCCCCCCCCCCC. The van der Waals surface area contributed by atoms with Crippen LogP contribution in [-0.4, -0.2) is 75.5 Å². The van der Waals surface area contributed by atoms with Crippen LogP contribution in [0.2, 0.25) is 0 Å². The number of rotatable bonds is 46. The van der Waals surface area contributed by atoms with Crippen LogP contribution in [0.1, 0.15) is 239 Å². The van der Waals surface area contributed by atoms with Crippen molar-refractivity contribution in [3.05, 3.63) is 24.3 Å². The van der Waals surface area contributed by atoms with Crippen molar-refractivity contribution >= 4 is 17.9 Å². The van der Waals surface area contributed by atoms with E-state index >= 15 is 0 Å². The van der Waals surface area contributed by atoms with Crippen molar-refractivity contribution in [1.82, 2.24) is 0 Å². The lowest BCUT2D eigenvalue weighted by Crippen LogP contribution is -2.55. The third-order valence-electron chi connectivity index (χ3n) is 11.6. The monoisotopic (exact) mass is 848 g/mol. The number of carbonyl (C=O) groups excluding carboxylic acids is 3. The zero-order chi connectivity index (χ0) is 44.2. The molecule has 0 radical (unpaired) electrons. The second-order valence-electron chi connectivity index (χ2n) is 18.4.